The van der Waals surface area contributed by atoms with Crippen LogP contribution in [0.1, 0.15) is 91.9 Å². The first kappa shape index (κ1) is 24.2. The quantitative estimate of drug-likeness (QED) is 0.412. The second-order valence-electron chi connectivity index (χ2n) is 7.78. The first-order valence-electron chi connectivity index (χ1n) is 10.1. The number of unbranched alkanes of at least 4 members (excludes halogenated alkanes) is 9. The van der Waals surface area contributed by atoms with Gasteiger partial charge in [-0.1, -0.05) is 64.7 Å². The number of amides is 1. The van der Waals surface area contributed by atoms with Crippen LogP contribution < -0.4 is 5.32 Å². The van der Waals surface area contributed by atoms with Crippen LogP contribution in [0.4, 0.5) is 4.79 Å². The molecule has 25 heavy (non-hydrogen) atoms. The molecule has 1 atom stereocenters. The van der Waals surface area contributed by atoms with E-state index in [4.69, 9.17) is 9.47 Å². The van der Waals surface area contributed by atoms with Gasteiger partial charge in [0.25, 0.3) is 0 Å². The third-order valence-electron chi connectivity index (χ3n) is 3.90. The molecule has 0 heterocycles. The molecule has 150 valence electrons. The lowest BCUT2D eigenvalue weighted by Crippen LogP contribution is -2.43. The third-order valence-corrected chi connectivity index (χ3v) is 3.90. The Labute approximate surface area is 154 Å². The van der Waals surface area contributed by atoms with Crippen LogP contribution in [0.25, 0.3) is 0 Å². The van der Waals surface area contributed by atoms with Gasteiger partial charge in [-0.2, -0.15) is 0 Å². The van der Waals surface area contributed by atoms with Crippen molar-refractivity contribution in [2.45, 2.75) is 104 Å². The van der Waals surface area contributed by atoms with Crippen molar-refractivity contribution in [3.05, 3.63) is 0 Å². The van der Waals surface area contributed by atoms with Crippen molar-refractivity contribution in [1.82, 2.24) is 5.32 Å². The molecule has 0 spiro atoms. The highest BCUT2D eigenvalue weighted by molar-refractivity contribution is 5.68. The minimum Gasteiger partial charge on any atom is -0.444 e. The molecule has 0 aromatic rings. The molecule has 0 saturated carbocycles. The van der Waals surface area contributed by atoms with Gasteiger partial charge < -0.3 is 19.9 Å². The summed E-state index contributed by atoms with van der Waals surface area (Å²) in [5.74, 6) is 0. The van der Waals surface area contributed by atoms with E-state index in [2.05, 4.69) is 12.2 Å². The van der Waals surface area contributed by atoms with Crippen LogP contribution in [0, 0.1) is 0 Å². The van der Waals surface area contributed by atoms with Crippen LogP contribution in [-0.2, 0) is 9.47 Å². The highest BCUT2D eigenvalue weighted by atomic mass is 16.6. The van der Waals surface area contributed by atoms with Crippen molar-refractivity contribution in [3.63, 3.8) is 0 Å². The smallest absolute Gasteiger partial charge is 0.408 e. The molecular weight excluding hydrogens is 318 g/mol. The lowest BCUT2D eigenvalue weighted by Gasteiger charge is -2.22. The van der Waals surface area contributed by atoms with E-state index in [1.165, 1.54) is 57.8 Å². The van der Waals surface area contributed by atoms with Gasteiger partial charge in [-0.15, -0.1) is 0 Å². The number of carbonyl (C=O) groups excluding carboxylic acids is 1. The Morgan fingerprint density at radius 3 is 1.96 bits per heavy atom. The van der Waals surface area contributed by atoms with E-state index in [0.29, 0.717) is 13.2 Å². The van der Waals surface area contributed by atoms with Crippen molar-refractivity contribution in [2.24, 2.45) is 0 Å². The molecule has 0 radical (unpaired) electrons. The number of alkyl carbamates (subject to hydrolysis) is 1. The molecule has 0 aliphatic heterocycles. The predicted molar refractivity (Wildman–Crippen MR) is 103 cm³/mol. The van der Waals surface area contributed by atoms with Crippen LogP contribution in [-0.4, -0.2) is 42.7 Å². The molecule has 0 aromatic heterocycles. The van der Waals surface area contributed by atoms with Crippen molar-refractivity contribution in [1.29, 1.82) is 0 Å². The van der Waals surface area contributed by atoms with Crippen molar-refractivity contribution in [2.75, 3.05) is 19.8 Å². The summed E-state index contributed by atoms with van der Waals surface area (Å²) in [5.41, 5.74) is -0.541. The Bertz CT molecular complexity index is 315. The third kappa shape index (κ3) is 17.8. The molecule has 0 fully saturated rings. The summed E-state index contributed by atoms with van der Waals surface area (Å²) < 4.78 is 10.7. The van der Waals surface area contributed by atoms with Crippen LogP contribution in [0.5, 0.6) is 0 Å². The number of hydrogen-bond donors (Lipinski definition) is 2. The van der Waals surface area contributed by atoms with Crippen LogP contribution in [0.2, 0.25) is 0 Å². The monoisotopic (exact) mass is 359 g/mol. The summed E-state index contributed by atoms with van der Waals surface area (Å²) in [6.07, 6.45) is 12.4. The Morgan fingerprint density at radius 2 is 1.48 bits per heavy atom. The molecule has 0 bridgehead atoms. The van der Waals surface area contributed by atoms with E-state index in [-0.39, 0.29) is 6.61 Å². The zero-order chi connectivity index (χ0) is 19.0. The van der Waals surface area contributed by atoms with Crippen molar-refractivity contribution >= 4 is 6.09 Å². The summed E-state index contributed by atoms with van der Waals surface area (Å²) in [6.45, 7) is 8.50. The van der Waals surface area contributed by atoms with Crippen LogP contribution in [0.15, 0.2) is 0 Å². The number of carbonyl (C=O) groups is 1. The fraction of sp³-hybridized carbons (Fsp3) is 0.950. The van der Waals surface area contributed by atoms with E-state index in [0.717, 1.165) is 6.42 Å². The lowest BCUT2D eigenvalue weighted by atomic mass is 10.1. The maximum atomic E-state index is 11.6. The van der Waals surface area contributed by atoms with E-state index in [9.17, 15) is 9.90 Å². The van der Waals surface area contributed by atoms with Crippen LogP contribution in [0.3, 0.4) is 0 Å². The maximum absolute atomic E-state index is 11.6. The van der Waals surface area contributed by atoms with Gasteiger partial charge in [0.05, 0.1) is 19.3 Å². The largest absolute Gasteiger partial charge is 0.444 e. The SMILES string of the molecule is CCCCCCCCCCCCOC[C@H](CO)NC(=O)OC(C)(C)C. The van der Waals surface area contributed by atoms with E-state index >= 15 is 0 Å². The minimum atomic E-state index is -0.541. The first-order chi connectivity index (χ1) is 11.9. The second kappa shape index (κ2) is 15.4. The molecule has 0 unspecified atom stereocenters. The number of hydrogen-bond acceptors (Lipinski definition) is 4. The summed E-state index contributed by atoms with van der Waals surface area (Å²) in [7, 11) is 0. The molecule has 5 heteroatoms. The van der Waals surface area contributed by atoms with Crippen molar-refractivity contribution in [3.8, 4) is 0 Å². The Hall–Kier alpha value is -0.810. The molecule has 0 aliphatic carbocycles. The van der Waals surface area contributed by atoms with Crippen molar-refractivity contribution < 1.29 is 19.4 Å². The summed E-state index contributed by atoms with van der Waals surface area (Å²) >= 11 is 0. The molecule has 0 rings (SSSR count). The van der Waals surface area contributed by atoms with Gasteiger partial charge in [0.15, 0.2) is 0 Å². The molecule has 0 saturated heterocycles. The highest BCUT2D eigenvalue weighted by Gasteiger charge is 2.19. The van der Waals surface area contributed by atoms with E-state index < -0.39 is 17.7 Å². The standard InChI is InChI=1S/C20H41NO4/c1-5-6-7-8-9-10-11-12-13-14-15-24-17-18(16-22)21-19(23)25-20(2,3)4/h18,22H,5-17H2,1-4H3,(H,21,23)/t18-/m0/s1. The summed E-state index contributed by atoms with van der Waals surface area (Å²) in [4.78, 5) is 11.6. The summed E-state index contributed by atoms with van der Waals surface area (Å²) in [6, 6.07) is -0.419. The molecule has 0 aliphatic rings. The minimum absolute atomic E-state index is 0.155. The van der Waals surface area contributed by atoms with Gasteiger partial charge >= 0.3 is 6.09 Å². The Kier molecular flexibility index (Phi) is 14.9. The number of ether oxygens (including phenoxy) is 2. The zero-order valence-electron chi connectivity index (χ0n) is 16.9. The fourth-order valence-electron chi connectivity index (χ4n) is 2.53. The molecule has 1 amide bonds. The lowest BCUT2D eigenvalue weighted by molar-refractivity contribution is 0.0383. The Morgan fingerprint density at radius 1 is 0.960 bits per heavy atom. The van der Waals surface area contributed by atoms with Gasteiger partial charge in [-0.3, -0.25) is 0 Å². The second-order valence-corrected chi connectivity index (χ2v) is 7.78. The molecular formula is C20H41NO4. The van der Waals surface area contributed by atoms with Gasteiger partial charge in [0.1, 0.15) is 5.60 Å². The first-order valence-corrected chi connectivity index (χ1v) is 10.1. The average Bonchev–Trinajstić information content (AvgIpc) is 2.53. The number of rotatable bonds is 15. The van der Waals surface area contributed by atoms with Gasteiger partial charge in [-0.25, -0.2) is 4.79 Å². The average molecular weight is 360 g/mol. The summed E-state index contributed by atoms with van der Waals surface area (Å²) in [5, 5.41) is 11.9. The predicted octanol–water partition coefficient (Wildman–Crippen LogP) is 4.81. The fourth-order valence-corrected chi connectivity index (χ4v) is 2.53. The van der Waals surface area contributed by atoms with Gasteiger partial charge in [0.2, 0.25) is 0 Å². The molecule has 2 N–H and O–H groups in total. The van der Waals surface area contributed by atoms with Crippen LogP contribution >= 0.6 is 0 Å². The number of nitrogens with one attached hydrogen (secondary N) is 1. The normalized spacial score (nSPS) is 12.8. The zero-order valence-corrected chi connectivity index (χ0v) is 16.9. The van der Waals surface area contributed by atoms with Gasteiger partial charge in [0, 0.05) is 6.61 Å². The van der Waals surface area contributed by atoms with E-state index in [1.54, 1.807) is 0 Å². The molecule has 0 aromatic carbocycles. The highest BCUT2D eigenvalue weighted by Crippen LogP contribution is 2.10. The topological polar surface area (TPSA) is 67.8 Å². The maximum Gasteiger partial charge on any atom is 0.408 e. The molecule has 5 nitrogen and oxygen atoms in total. The van der Waals surface area contributed by atoms with E-state index in [1.807, 2.05) is 20.8 Å². The number of aliphatic hydroxyl groups is 1. The Balaban J connectivity index is 3.48. The van der Waals surface area contributed by atoms with Gasteiger partial charge in [-0.05, 0) is 27.2 Å². The number of aliphatic hydroxyl groups excluding tert-OH is 1.